The predicted molar refractivity (Wildman–Crippen MR) is 55.0 cm³/mol. The zero-order valence-corrected chi connectivity index (χ0v) is 9.00. The summed E-state index contributed by atoms with van der Waals surface area (Å²) in [5.74, 6) is -1.05. The molecule has 0 aliphatic heterocycles. The number of carbonyl (C=O) groups is 1. The Bertz CT molecular complexity index is 383. The first-order chi connectivity index (χ1) is 6.86. The number of ether oxygens (including phenoxy) is 1. The average Bonchev–Trinajstić information content (AvgIpc) is 2.14. The molecule has 0 spiro atoms. The predicted octanol–water partition coefficient (Wildman–Crippen LogP) is 1.81. The van der Waals surface area contributed by atoms with Gasteiger partial charge in [-0.1, -0.05) is 6.07 Å². The van der Waals surface area contributed by atoms with Gasteiger partial charge in [0.1, 0.15) is 5.82 Å². The minimum atomic E-state index is -0.765. The fourth-order valence-electron chi connectivity index (χ4n) is 1.28. The summed E-state index contributed by atoms with van der Waals surface area (Å²) in [5, 5.41) is 0. The van der Waals surface area contributed by atoms with Crippen LogP contribution in [0.5, 0.6) is 0 Å². The van der Waals surface area contributed by atoms with Crippen LogP contribution >= 0.6 is 0 Å². The zero-order chi connectivity index (χ0) is 11.6. The Morgan fingerprint density at radius 3 is 2.47 bits per heavy atom. The summed E-state index contributed by atoms with van der Waals surface area (Å²) < 4.78 is 18.0. The van der Waals surface area contributed by atoms with E-state index in [1.165, 1.54) is 19.2 Å². The minimum absolute atomic E-state index is 0.183. The maximum absolute atomic E-state index is 13.6. The van der Waals surface area contributed by atoms with Gasteiger partial charge < -0.3 is 10.5 Å². The molecule has 1 aromatic rings. The normalized spacial score (nSPS) is 11.3. The van der Waals surface area contributed by atoms with Gasteiger partial charge in [-0.2, -0.15) is 0 Å². The lowest BCUT2D eigenvalue weighted by Gasteiger charge is -2.19. The van der Waals surface area contributed by atoms with Crippen molar-refractivity contribution in [1.82, 2.24) is 0 Å². The summed E-state index contributed by atoms with van der Waals surface area (Å²) in [4.78, 5) is 11.1. The van der Waals surface area contributed by atoms with E-state index in [1.807, 2.05) is 0 Å². The third-order valence-electron chi connectivity index (χ3n) is 2.08. The lowest BCUT2D eigenvalue weighted by atomic mass is 9.94. The summed E-state index contributed by atoms with van der Waals surface area (Å²) in [7, 11) is 1.25. The first kappa shape index (κ1) is 11.7. The van der Waals surface area contributed by atoms with Gasteiger partial charge in [0, 0.05) is 11.1 Å². The van der Waals surface area contributed by atoms with Gasteiger partial charge in [-0.05, 0) is 26.0 Å². The van der Waals surface area contributed by atoms with Crippen molar-refractivity contribution >= 4 is 5.97 Å². The maximum Gasteiger partial charge on any atom is 0.337 e. The average molecular weight is 211 g/mol. The molecule has 1 rings (SSSR count). The molecule has 82 valence electrons. The van der Waals surface area contributed by atoms with Crippen molar-refractivity contribution in [1.29, 1.82) is 0 Å². The van der Waals surface area contributed by atoms with Crippen molar-refractivity contribution < 1.29 is 13.9 Å². The van der Waals surface area contributed by atoms with Crippen LogP contribution in [0.25, 0.3) is 0 Å². The summed E-state index contributed by atoms with van der Waals surface area (Å²) >= 11 is 0. The van der Waals surface area contributed by atoms with E-state index in [2.05, 4.69) is 4.74 Å². The van der Waals surface area contributed by atoms with Crippen molar-refractivity contribution in [2.24, 2.45) is 5.73 Å². The smallest absolute Gasteiger partial charge is 0.337 e. The van der Waals surface area contributed by atoms with Crippen LogP contribution in [0.3, 0.4) is 0 Å². The lowest BCUT2D eigenvalue weighted by molar-refractivity contribution is 0.0600. The number of carbonyl (C=O) groups excluding carboxylic acids is 1. The summed E-state index contributed by atoms with van der Waals surface area (Å²) in [6, 6.07) is 4.14. The van der Waals surface area contributed by atoms with Crippen molar-refractivity contribution in [3.05, 3.63) is 35.1 Å². The van der Waals surface area contributed by atoms with Crippen LogP contribution in [0.2, 0.25) is 0 Å². The second kappa shape index (κ2) is 3.98. The molecule has 0 atom stereocenters. The van der Waals surface area contributed by atoms with Crippen molar-refractivity contribution in [3.63, 3.8) is 0 Å². The van der Waals surface area contributed by atoms with Crippen LogP contribution in [-0.4, -0.2) is 13.1 Å². The van der Waals surface area contributed by atoms with Crippen LogP contribution in [-0.2, 0) is 10.3 Å². The van der Waals surface area contributed by atoms with Gasteiger partial charge in [-0.15, -0.1) is 0 Å². The molecular weight excluding hydrogens is 197 g/mol. The molecule has 1 aromatic carbocycles. The molecule has 0 aliphatic carbocycles. The van der Waals surface area contributed by atoms with E-state index in [0.717, 1.165) is 6.07 Å². The van der Waals surface area contributed by atoms with Gasteiger partial charge in [0.05, 0.1) is 12.7 Å². The van der Waals surface area contributed by atoms with E-state index >= 15 is 0 Å². The van der Waals surface area contributed by atoms with Crippen molar-refractivity contribution in [2.45, 2.75) is 19.4 Å². The van der Waals surface area contributed by atoms with Crippen LogP contribution in [0, 0.1) is 5.82 Å². The number of hydrogen-bond acceptors (Lipinski definition) is 3. The molecule has 0 unspecified atom stereocenters. The quantitative estimate of drug-likeness (QED) is 0.759. The van der Waals surface area contributed by atoms with Gasteiger partial charge in [0.25, 0.3) is 0 Å². The summed E-state index contributed by atoms with van der Waals surface area (Å²) in [6.07, 6.45) is 0. The number of rotatable bonds is 2. The topological polar surface area (TPSA) is 52.3 Å². The summed E-state index contributed by atoms with van der Waals surface area (Å²) in [5.41, 5.74) is 5.55. The standard InChI is InChI=1S/C11H14FNO2/c1-11(2,13)8-5-4-7(6-9(8)12)10(14)15-3/h4-6H,13H2,1-3H3. The molecule has 0 amide bonds. The fraction of sp³-hybridized carbons (Fsp3) is 0.364. The second-order valence-corrected chi connectivity index (χ2v) is 3.91. The van der Waals surface area contributed by atoms with Crippen molar-refractivity contribution in [3.8, 4) is 0 Å². The number of methoxy groups -OCH3 is 1. The Kier molecular flexibility index (Phi) is 3.09. The third-order valence-corrected chi connectivity index (χ3v) is 2.08. The highest BCUT2D eigenvalue weighted by atomic mass is 19.1. The minimum Gasteiger partial charge on any atom is -0.465 e. The third kappa shape index (κ3) is 2.53. The highest BCUT2D eigenvalue weighted by molar-refractivity contribution is 5.89. The van der Waals surface area contributed by atoms with Crippen LogP contribution < -0.4 is 5.73 Å². The van der Waals surface area contributed by atoms with Gasteiger partial charge in [-0.25, -0.2) is 9.18 Å². The molecule has 0 heterocycles. The highest BCUT2D eigenvalue weighted by Crippen LogP contribution is 2.21. The van der Waals surface area contributed by atoms with Crippen LogP contribution in [0.1, 0.15) is 29.8 Å². The zero-order valence-electron chi connectivity index (χ0n) is 9.00. The number of esters is 1. The molecule has 3 nitrogen and oxygen atoms in total. The van der Waals surface area contributed by atoms with Crippen LogP contribution in [0.15, 0.2) is 18.2 Å². The Hall–Kier alpha value is -1.42. The Morgan fingerprint density at radius 2 is 2.07 bits per heavy atom. The highest BCUT2D eigenvalue weighted by Gasteiger charge is 2.20. The van der Waals surface area contributed by atoms with Crippen LogP contribution in [0.4, 0.5) is 4.39 Å². The molecule has 0 saturated heterocycles. The molecule has 0 radical (unpaired) electrons. The first-order valence-electron chi connectivity index (χ1n) is 4.53. The first-order valence-corrected chi connectivity index (χ1v) is 4.53. The number of halogens is 1. The molecule has 0 aromatic heterocycles. The number of nitrogens with two attached hydrogens (primary N) is 1. The number of hydrogen-bond donors (Lipinski definition) is 1. The van der Waals surface area contributed by atoms with E-state index in [4.69, 9.17) is 5.73 Å². The molecule has 0 aliphatic rings. The van der Waals surface area contributed by atoms with Gasteiger partial charge in [0.15, 0.2) is 0 Å². The SMILES string of the molecule is COC(=O)c1ccc(C(C)(C)N)c(F)c1. The monoisotopic (exact) mass is 211 g/mol. The maximum atomic E-state index is 13.6. The van der Waals surface area contributed by atoms with Crippen molar-refractivity contribution in [2.75, 3.05) is 7.11 Å². The molecule has 0 bridgehead atoms. The van der Waals surface area contributed by atoms with Gasteiger partial charge >= 0.3 is 5.97 Å². The van der Waals surface area contributed by atoms with E-state index in [0.29, 0.717) is 5.56 Å². The molecule has 0 fully saturated rings. The molecule has 2 N–H and O–H groups in total. The van der Waals surface area contributed by atoms with E-state index in [1.54, 1.807) is 13.8 Å². The lowest BCUT2D eigenvalue weighted by Crippen LogP contribution is -2.30. The van der Waals surface area contributed by atoms with Gasteiger partial charge in [-0.3, -0.25) is 0 Å². The van der Waals surface area contributed by atoms with Gasteiger partial charge in [0.2, 0.25) is 0 Å². The summed E-state index contributed by atoms with van der Waals surface area (Å²) in [6.45, 7) is 3.40. The molecule has 0 saturated carbocycles. The second-order valence-electron chi connectivity index (χ2n) is 3.91. The Morgan fingerprint density at radius 1 is 1.47 bits per heavy atom. The van der Waals surface area contributed by atoms with E-state index in [-0.39, 0.29) is 5.56 Å². The van der Waals surface area contributed by atoms with E-state index in [9.17, 15) is 9.18 Å². The molecule has 15 heavy (non-hydrogen) atoms. The van der Waals surface area contributed by atoms with E-state index < -0.39 is 17.3 Å². The molecular formula is C11H14FNO2. The Labute approximate surface area is 88.0 Å². The number of benzene rings is 1. The largest absolute Gasteiger partial charge is 0.465 e. The molecule has 4 heteroatoms. The Balaban J connectivity index is 3.15. The fourth-order valence-corrected chi connectivity index (χ4v) is 1.28.